The van der Waals surface area contributed by atoms with Crippen molar-refractivity contribution in [2.24, 2.45) is 0 Å². The molecule has 3 heterocycles. The number of hydrogen-bond acceptors (Lipinski definition) is 7. The van der Waals surface area contributed by atoms with Gasteiger partial charge in [0, 0.05) is 46.5 Å². The molecule has 0 amide bonds. The molecule has 1 fully saturated rings. The van der Waals surface area contributed by atoms with Crippen molar-refractivity contribution in [3.8, 4) is 6.07 Å². The van der Waals surface area contributed by atoms with Gasteiger partial charge in [-0.3, -0.25) is 4.98 Å². The minimum absolute atomic E-state index is 0.670. The van der Waals surface area contributed by atoms with Gasteiger partial charge in [-0.15, -0.1) is 10.2 Å². The van der Waals surface area contributed by atoms with E-state index in [2.05, 4.69) is 31.1 Å². The second-order valence-corrected chi connectivity index (χ2v) is 5.62. The number of pyridine rings is 1. The number of nitrogens with zero attached hydrogens (tertiary/aromatic N) is 7. The Hall–Kier alpha value is -2.88. The molecule has 1 aliphatic heterocycles. The maximum absolute atomic E-state index is 9.21. The molecule has 0 bridgehead atoms. The molecule has 7 nitrogen and oxygen atoms in total. The van der Waals surface area contributed by atoms with E-state index in [1.54, 1.807) is 18.5 Å². The monoisotopic (exact) mass is 309 g/mol. The lowest BCUT2D eigenvalue weighted by molar-refractivity contribution is 0.642. The van der Waals surface area contributed by atoms with Crippen LogP contribution >= 0.6 is 0 Å². The highest BCUT2D eigenvalue weighted by molar-refractivity contribution is 5.58. The lowest BCUT2D eigenvalue weighted by Crippen LogP contribution is -2.47. The molecular formula is C16H19N7. The van der Waals surface area contributed by atoms with E-state index in [0.29, 0.717) is 5.56 Å². The van der Waals surface area contributed by atoms with Gasteiger partial charge in [0.2, 0.25) is 0 Å². The summed E-state index contributed by atoms with van der Waals surface area (Å²) in [6.07, 6.45) is 3.42. The third kappa shape index (κ3) is 3.16. The zero-order valence-electron chi connectivity index (χ0n) is 13.3. The van der Waals surface area contributed by atoms with Gasteiger partial charge >= 0.3 is 0 Å². The normalized spacial score (nSPS) is 14.5. The Bertz CT molecular complexity index is 697. The Balaban J connectivity index is 1.67. The summed E-state index contributed by atoms with van der Waals surface area (Å²) in [4.78, 5) is 10.5. The molecule has 3 rings (SSSR count). The summed E-state index contributed by atoms with van der Waals surface area (Å²) in [5.74, 6) is 1.74. The predicted octanol–water partition coefficient (Wildman–Crippen LogP) is 1.14. The topological polar surface area (TPSA) is 72.2 Å². The van der Waals surface area contributed by atoms with Crippen LogP contribution in [0.25, 0.3) is 0 Å². The smallest absolute Gasteiger partial charge is 0.151 e. The highest BCUT2D eigenvalue weighted by Crippen LogP contribution is 2.22. The van der Waals surface area contributed by atoms with E-state index >= 15 is 0 Å². The van der Waals surface area contributed by atoms with Gasteiger partial charge in [0.15, 0.2) is 11.6 Å². The van der Waals surface area contributed by atoms with Gasteiger partial charge in [-0.2, -0.15) is 5.26 Å². The van der Waals surface area contributed by atoms with Gasteiger partial charge in [0.1, 0.15) is 6.07 Å². The maximum atomic E-state index is 9.21. The molecule has 118 valence electrons. The van der Waals surface area contributed by atoms with Crippen molar-refractivity contribution < 1.29 is 0 Å². The van der Waals surface area contributed by atoms with E-state index in [-0.39, 0.29) is 0 Å². The molecule has 2 aromatic heterocycles. The zero-order valence-corrected chi connectivity index (χ0v) is 13.3. The SMILES string of the molecule is CN(C)c1ccc(N2CCN(c3cnccc3C#N)CC2)nn1. The lowest BCUT2D eigenvalue weighted by Gasteiger charge is -2.36. The van der Waals surface area contributed by atoms with Crippen LogP contribution in [0, 0.1) is 11.3 Å². The highest BCUT2D eigenvalue weighted by Gasteiger charge is 2.20. The van der Waals surface area contributed by atoms with Crippen molar-refractivity contribution in [3.63, 3.8) is 0 Å². The Labute approximate surface area is 135 Å². The highest BCUT2D eigenvalue weighted by atomic mass is 15.3. The van der Waals surface area contributed by atoms with E-state index in [4.69, 9.17) is 0 Å². The second kappa shape index (κ2) is 6.48. The van der Waals surface area contributed by atoms with Gasteiger partial charge in [-0.1, -0.05) is 0 Å². The van der Waals surface area contributed by atoms with Crippen LogP contribution in [-0.4, -0.2) is 55.5 Å². The zero-order chi connectivity index (χ0) is 16.2. The van der Waals surface area contributed by atoms with Crippen molar-refractivity contribution in [1.29, 1.82) is 5.26 Å². The summed E-state index contributed by atoms with van der Waals surface area (Å²) in [6, 6.07) is 7.97. The number of nitriles is 1. The number of piperazine rings is 1. The number of hydrogen-bond donors (Lipinski definition) is 0. The van der Waals surface area contributed by atoms with Crippen LogP contribution in [0.4, 0.5) is 17.3 Å². The van der Waals surface area contributed by atoms with Gasteiger partial charge in [-0.05, 0) is 18.2 Å². The Morgan fingerprint density at radius 3 is 2.39 bits per heavy atom. The molecule has 23 heavy (non-hydrogen) atoms. The summed E-state index contributed by atoms with van der Waals surface area (Å²) in [7, 11) is 3.90. The van der Waals surface area contributed by atoms with Crippen molar-refractivity contribution in [2.45, 2.75) is 0 Å². The summed E-state index contributed by atoms with van der Waals surface area (Å²) in [5.41, 5.74) is 1.58. The standard InChI is InChI=1S/C16H19N7/c1-21(2)15-3-4-16(20-19-15)23-9-7-22(8-10-23)14-12-18-6-5-13(14)11-17/h3-6,12H,7-10H2,1-2H3. The molecule has 0 N–H and O–H groups in total. The molecule has 0 aromatic carbocycles. The minimum atomic E-state index is 0.670. The first-order valence-electron chi connectivity index (χ1n) is 7.54. The molecule has 1 aliphatic rings. The molecule has 0 aliphatic carbocycles. The van der Waals surface area contributed by atoms with E-state index < -0.39 is 0 Å². The van der Waals surface area contributed by atoms with Crippen molar-refractivity contribution in [1.82, 2.24) is 15.2 Å². The summed E-state index contributed by atoms with van der Waals surface area (Å²) >= 11 is 0. The minimum Gasteiger partial charge on any atom is -0.366 e. The number of aromatic nitrogens is 3. The van der Waals surface area contributed by atoms with Crippen LogP contribution < -0.4 is 14.7 Å². The third-order valence-electron chi connectivity index (χ3n) is 3.96. The average molecular weight is 309 g/mol. The summed E-state index contributed by atoms with van der Waals surface area (Å²) < 4.78 is 0. The van der Waals surface area contributed by atoms with Crippen LogP contribution in [0.5, 0.6) is 0 Å². The molecule has 0 spiro atoms. The fourth-order valence-corrected chi connectivity index (χ4v) is 2.63. The lowest BCUT2D eigenvalue weighted by atomic mass is 10.2. The first kappa shape index (κ1) is 15.0. The number of anilines is 3. The first-order valence-corrected chi connectivity index (χ1v) is 7.54. The molecular weight excluding hydrogens is 290 g/mol. The molecule has 7 heteroatoms. The third-order valence-corrected chi connectivity index (χ3v) is 3.96. The Morgan fingerprint density at radius 2 is 1.78 bits per heavy atom. The van der Waals surface area contributed by atoms with E-state index in [1.807, 2.05) is 31.1 Å². The fourth-order valence-electron chi connectivity index (χ4n) is 2.63. The van der Waals surface area contributed by atoms with Crippen molar-refractivity contribution in [2.75, 3.05) is 55.0 Å². The van der Waals surface area contributed by atoms with Crippen molar-refractivity contribution in [3.05, 3.63) is 36.2 Å². The Morgan fingerprint density at radius 1 is 1.04 bits per heavy atom. The summed E-state index contributed by atoms with van der Waals surface area (Å²) in [6.45, 7) is 3.35. The molecule has 2 aromatic rings. The second-order valence-electron chi connectivity index (χ2n) is 5.62. The van der Waals surface area contributed by atoms with Gasteiger partial charge in [0.25, 0.3) is 0 Å². The van der Waals surface area contributed by atoms with Gasteiger partial charge in [0.05, 0.1) is 17.4 Å². The van der Waals surface area contributed by atoms with Crippen LogP contribution in [0.15, 0.2) is 30.6 Å². The van der Waals surface area contributed by atoms with E-state index in [9.17, 15) is 5.26 Å². The largest absolute Gasteiger partial charge is 0.366 e. The van der Waals surface area contributed by atoms with Crippen LogP contribution in [0.1, 0.15) is 5.56 Å². The van der Waals surface area contributed by atoms with Gasteiger partial charge < -0.3 is 14.7 Å². The molecule has 0 unspecified atom stereocenters. The van der Waals surface area contributed by atoms with Gasteiger partial charge in [-0.25, -0.2) is 0 Å². The van der Waals surface area contributed by atoms with Crippen LogP contribution in [0.3, 0.4) is 0 Å². The molecule has 0 atom stereocenters. The molecule has 1 saturated heterocycles. The Kier molecular flexibility index (Phi) is 4.24. The van der Waals surface area contributed by atoms with Crippen LogP contribution in [0.2, 0.25) is 0 Å². The van der Waals surface area contributed by atoms with Crippen molar-refractivity contribution >= 4 is 17.3 Å². The molecule has 0 radical (unpaired) electrons. The predicted molar refractivity (Wildman–Crippen MR) is 89.7 cm³/mol. The molecule has 0 saturated carbocycles. The first-order chi connectivity index (χ1) is 11.2. The maximum Gasteiger partial charge on any atom is 0.151 e. The average Bonchev–Trinajstić information content (AvgIpc) is 2.62. The fraction of sp³-hybridized carbons (Fsp3) is 0.375. The number of rotatable bonds is 3. The van der Waals surface area contributed by atoms with E-state index in [0.717, 1.165) is 43.5 Å². The summed E-state index contributed by atoms with van der Waals surface area (Å²) in [5, 5.41) is 17.7. The van der Waals surface area contributed by atoms with Crippen LogP contribution in [-0.2, 0) is 0 Å². The quantitative estimate of drug-likeness (QED) is 0.841. The van der Waals surface area contributed by atoms with E-state index in [1.165, 1.54) is 0 Å².